The number of anilines is 1. The van der Waals surface area contributed by atoms with Gasteiger partial charge in [0.2, 0.25) is 5.95 Å². The molecule has 4 heterocycles. The molecule has 182 valence electrons. The van der Waals surface area contributed by atoms with Gasteiger partial charge in [-0.15, -0.1) is 0 Å². The number of benzene rings is 1. The minimum Gasteiger partial charge on any atom is -0.465 e. The number of hydrogen-bond donors (Lipinski definition) is 1. The first-order chi connectivity index (χ1) is 17.9. The van der Waals surface area contributed by atoms with Gasteiger partial charge in [0.1, 0.15) is 5.82 Å². The van der Waals surface area contributed by atoms with Crippen LogP contribution in [0.4, 0.5) is 10.8 Å². The highest BCUT2D eigenvalue weighted by Gasteiger charge is 2.21. The van der Waals surface area contributed by atoms with Crippen LogP contribution in [0.15, 0.2) is 61.1 Å². The molecule has 0 bridgehead atoms. The molecule has 0 radical (unpaired) electrons. The van der Waals surface area contributed by atoms with Gasteiger partial charge in [0.15, 0.2) is 5.65 Å². The molecule has 0 aliphatic rings. The minimum absolute atomic E-state index is 0.0945. The Bertz CT molecular complexity index is 1750. The smallest absolute Gasteiger partial charge is 0.339 e. The van der Waals surface area contributed by atoms with E-state index in [1.807, 2.05) is 0 Å². The van der Waals surface area contributed by atoms with E-state index in [-0.39, 0.29) is 27.2 Å². The Morgan fingerprint density at radius 3 is 2.78 bits per heavy atom. The largest absolute Gasteiger partial charge is 0.465 e. The average Bonchev–Trinajstić information content (AvgIpc) is 3.67. The number of methoxy groups -OCH3 is 1. The van der Waals surface area contributed by atoms with E-state index < -0.39 is 16.8 Å². The van der Waals surface area contributed by atoms with Gasteiger partial charge in [-0.2, -0.15) is 20.3 Å². The summed E-state index contributed by atoms with van der Waals surface area (Å²) in [5.74, 6) is -0.956. The fourth-order valence-corrected chi connectivity index (χ4v) is 4.20. The average molecular weight is 514 g/mol. The van der Waals surface area contributed by atoms with Gasteiger partial charge in [0, 0.05) is 18.5 Å². The monoisotopic (exact) mass is 514 g/mol. The number of rotatable bonds is 6. The summed E-state index contributed by atoms with van der Waals surface area (Å²) in [6.45, 7) is 0. The Labute approximate surface area is 211 Å². The van der Waals surface area contributed by atoms with E-state index in [1.54, 1.807) is 30.5 Å². The van der Waals surface area contributed by atoms with Crippen molar-refractivity contribution in [3.63, 3.8) is 0 Å². The molecule has 0 spiro atoms. The summed E-state index contributed by atoms with van der Waals surface area (Å²) < 4.78 is 7.71. The van der Waals surface area contributed by atoms with Crippen LogP contribution in [0.25, 0.3) is 22.7 Å². The number of nitriles is 1. The molecule has 5 aromatic rings. The number of carbonyl (C=O) groups excluding carboxylic acids is 2. The second-order valence-corrected chi connectivity index (χ2v) is 8.54. The number of ether oxygens (including phenoxy) is 1. The molecule has 0 unspecified atom stereocenters. The second kappa shape index (κ2) is 9.32. The van der Waals surface area contributed by atoms with E-state index >= 15 is 0 Å². The van der Waals surface area contributed by atoms with Crippen LogP contribution in [-0.2, 0) is 4.74 Å². The molecule has 1 aromatic carbocycles. The van der Waals surface area contributed by atoms with E-state index in [0.29, 0.717) is 22.3 Å². The van der Waals surface area contributed by atoms with Gasteiger partial charge in [-0.3, -0.25) is 19.5 Å². The number of hydrogen-bond acceptors (Lipinski definition) is 10. The predicted octanol–water partition coefficient (Wildman–Crippen LogP) is 3.49. The van der Waals surface area contributed by atoms with Crippen molar-refractivity contribution in [1.82, 2.24) is 24.3 Å². The standard InChI is InChI=1S/C23H14N8O5S/c1-36-22(33)14-7-8-29(12-14)23-27-19(26-21(32)17-5-6-18(37-17)31(34)35)16-11-25-30(20(16)28-23)15-4-2-3-13(9-15)10-24/h2-9,11-12H,1H3,(H,26,27,28,32). The number of thiophene rings is 1. The van der Waals surface area contributed by atoms with Gasteiger partial charge < -0.3 is 10.1 Å². The van der Waals surface area contributed by atoms with Crippen LogP contribution < -0.4 is 5.32 Å². The van der Waals surface area contributed by atoms with Gasteiger partial charge in [0.25, 0.3) is 5.91 Å². The zero-order valence-corrected chi connectivity index (χ0v) is 19.7. The number of carbonyl (C=O) groups is 2. The molecule has 1 N–H and O–H groups in total. The van der Waals surface area contributed by atoms with Gasteiger partial charge >= 0.3 is 11.0 Å². The topological polar surface area (TPSA) is 171 Å². The number of amides is 1. The first-order valence-corrected chi connectivity index (χ1v) is 11.3. The molecule has 14 heteroatoms. The summed E-state index contributed by atoms with van der Waals surface area (Å²) in [6.07, 6.45) is 4.48. The van der Waals surface area contributed by atoms with E-state index in [2.05, 4.69) is 26.5 Å². The fraction of sp³-hybridized carbons (Fsp3) is 0.0435. The maximum atomic E-state index is 12.9. The molecule has 0 aliphatic heterocycles. The Hall–Kier alpha value is -5.42. The molecule has 0 aliphatic carbocycles. The third-order valence-corrected chi connectivity index (χ3v) is 6.24. The summed E-state index contributed by atoms with van der Waals surface area (Å²) in [7, 11) is 1.26. The number of fused-ring (bicyclic) bond motifs is 1. The molecule has 5 rings (SSSR count). The van der Waals surface area contributed by atoms with Crippen molar-refractivity contribution in [2.75, 3.05) is 12.4 Å². The maximum Gasteiger partial charge on any atom is 0.339 e. The maximum absolute atomic E-state index is 12.9. The predicted molar refractivity (Wildman–Crippen MR) is 131 cm³/mol. The lowest BCUT2D eigenvalue weighted by atomic mass is 10.2. The molecule has 4 aromatic heterocycles. The number of aromatic nitrogens is 5. The molecule has 0 saturated heterocycles. The highest BCUT2D eigenvalue weighted by Crippen LogP contribution is 2.28. The lowest BCUT2D eigenvalue weighted by Gasteiger charge is -2.09. The van der Waals surface area contributed by atoms with Crippen LogP contribution in [0.3, 0.4) is 0 Å². The summed E-state index contributed by atoms with van der Waals surface area (Å²) in [6, 6.07) is 12.9. The minimum atomic E-state index is -0.606. The summed E-state index contributed by atoms with van der Waals surface area (Å²) >= 11 is 0.727. The van der Waals surface area contributed by atoms with Crippen LogP contribution in [0.5, 0.6) is 0 Å². The number of nitrogens with one attached hydrogen (secondary N) is 1. The highest BCUT2D eigenvalue weighted by molar-refractivity contribution is 7.17. The zero-order chi connectivity index (χ0) is 26.1. The van der Waals surface area contributed by atoms with Crippen LogP contribution in [0.1, 0.15) is 25.6 Å². The number of esters is 1. The van der Waals surface area contributed by atoms with E-state index in [1.165, 1.54) is 47.0 Å². The van der Waals surface area contributed by atoms with Crippen molar-refractivity contribution < 1.29 is 19.2 Å². The summed E-state index contributed by atoms with van der Waals surface area (Å²) in [5.41, 5.74) is 1.53. The summed E-state index contributed by atoms with van der Waals surface area (Å²) in [5, 5.41) is 27.6. The van der Waals surface area contributed by atoms with Gasteiger partial charge in [-0.05, 0) is 30.3 Å². The molecule has 0 saturated carbocycles. The van der Waals surface area contributed by atoms with E-state index in [9.17, 15) is 25.0 Å². The van der Waals surface area contributed by atoms with Crippen molar-refractivity contribution in [3.05, 3.63) is 87.2 Å². The van der Waals surface area contributed by atoms with Gasteiger partial charge in [-0.1, -0.05) is 17.4 Å². The lowest BCUT2D eigenvalue weighted by molar-refractivity contribution is -0.380. The lowest BCUT2D eigenvalue weighted by Crippen LogP contribution is -2.14. The first kappa shape index (κ1) is 23.3. The molecule has 0 fully saturated rings. The molecule has 37 heavy (non-hydrogen) atoms. The van der Waals surface area contributed by atoms with Crippen LogP contribution >= 0.6 is 11.3 Å². The molecule has 0 atom stereocenters. The number of nitro groups is 1. The van der Waals surface area contributed by atoms with Crippen molar-refractivity contribution in [2.45, 2.75) is 0 Å². The highest BCUT2D eigenvalue weighted by atomic mass is 32.1. The number of nitrogens with zero attached hydrogens (tertiary/aromatic N) is 7. The molecule has 1 amide bonds. The quantitative estimate of drug-likeness (QED) is 0.202. The van der Waals surface area contributed by atoms with Crippen molar-refractivity contribution in [2.24, 2.45) is 0 Å². The van der Waals surface area contributed by atoms with E-state index in [4.69, 9.17) is 4.74 Å². The Kier molecular flexibility index (Phi) is 5.88. The van der Waals surface area contributed by atoms with Crippen LogP contribution in [0.2, 0.25) is 0 Å². The molecular formula is C23H14N8O5S. The Morgan fingerprint density at radius 2 is 2.05 bits per heavy atom. The first-order valence-electron chi connectivity index (χ1n) is 10.5. The van der Waals surface area contributed by atoms with Gasteiger partial charge in [-0.25, -0.2) is 9.48 Å². The third kappa shape index (κ3) is 4.37. The van der Waals surface area contributed by atoms with Crippen LogP contribution in [0, 0.1) is 21.4 Å². The fourth-order valence-electron chi connectivity index (χ4n) is 3.48. The van der Waals surface area contributed by atoms with Crippen molar-refractivity contribution >= 4 is 45.1 Å². The third-order valence-electron chi connectivity index (χ3n) is 5.21. The van der Waals surface area contributed by atoms with Crippen molar-refractivity contribution in [3.8, 4) is 17.7 Å². The zero-order valence-electron chi connectivity index (χ0n) is 18.9. The summed E-state index contributed by atoms with van der Waals surface area (Å²) in [4.78, 5) is 44.4. The Balaban J connectivity index is 1.64. The van der Waals surface area contributed by atoms with E-state index in [0.717, 1.165) is 11.3 Å². The Morgan fingerprint density at radius 1 is 1.22 bits per heavy atom. The van der Waals surface area contributed by atoms with Crippen molar-refractivity contribution in [1.29, 1.82) is 5.26 Å². The normalized spacial score (nSPS) is 10.7. The molecular weight excluding hydrogens is 500 g/mol. The molecule has 13 nitrogen and oxygen atoms in total. The van der Waals surface area contributed by atoms with Crippen LogP contribution in [-0.4, -0.2) is 48.2 Å². The SMILES string of the molecule is COC(=O)c1ccn(-c2nc(NC(=O)c3ccc([N+](=O)[O-])s3)c3cnn(-c4cccc(C#N)c4)c3n2)c1. The second-order valence-electron chi connectivity index (χ2n) is 7.48. The van der Waals surface area contributed by atoms with Gasteiger partial charge in [0.05, 0.1) is 51.4 Å².